The quantitative estimate of drug-likeness (QED) is 0.165. The van der Waals surface area contributed by atoms with Crippen LogP contribution in [-0.4, -0.2) is 6.71 Å². The van der Waals surface area contributed by atoms with Crippen molar-refractivity contribution in [2.75, 3.05) is 9.80 Å². The van der Waals surface area contributed by atoms with Crippen LogP contribution in [0.5, 0.6) is 0 Å². The molecule has 4 heteroatoms. The van der Waals surface area contributed by atoms with Gasteiger partial charge in [0.15, 0.2) is 0 Å². The van der Waals surface area contributed by atoms with Crippen LogP contribution in [0.2, 0.25) is 0 Å². The van der Waals surface area contributed by atoms with E-state index in [0.717, 1.165) is 30.7 Å². The maximum absolute atomic E-state index is 7.79. The molecule has 0 spiro atoms. The van der Waals surface area contributed by atoms with Gasteiger partial charge in [-0.25, -0.2) is 0 Å². The first-order chi connectivity index (χ1) is 29.8. The van der Waals surface area contributed by atoms with Gasteiger partial charge in [0, 0.05) is 39.3 Å². The van der Waals surface area contributed by atoms with Crippen LogP contribution >= 0.6 is 0 Å². The van der Waals surface area contributed by atoms with E-state index < -0.39 is 0 Å². The molecule has 3 nitrogen and oxygen atoms in total. The molecule has 4 aliphatic rings. The largest absolute Gasteiger partial charge is 0.472 e. The molecule has 0 bridgehead atoms. The van der Waals surface area contributed by atoms with Crippen LogP contribution in [0.1, 0.15) is 167 Å². The summed E-state index contributed by atoms with van der Waals surface area (Å²) >= 11 is 0. The first kappa shape index (κ1) is 43.0. The monoisotopic (exact) mass is 847 g/mol. The highest BCUT2D eigenvalue weighted by molar-refractivity contribution is 6.99. The van der Waals surface area contributed by atoms with Crippen LogP contribution in [0.25, 0.3) is 11.1 Å². The van der Waals surface area contributed by atoms with Gasteiger partial charge in [-0.05, 0) is 147 Å². The molecule has 330 valence electrons. The number of furan rings is 1. The van der Waals surface area contributed by atoms with Crippen molar-refractivity contribution in [1.82, 2.24) is 0 Å². The molecule has 2 aliphatic carbocycles. The smallest absolute Gasteiger partial charge is 0.297 e. The summed E-state index contributed by atoms with van der Waals surface area (Å²) < 4.78 is 7.79. The van der Waals surface area contributed by atoms with Gasteiger partial charge in [-0.1, -0.05) is 158 Å². The third kappa shape index (κ3) is 6.35. The van der Waals surface area contributed by atoms with E-state index in [0.29, 0.717) is 0 Å². The predicted octanol–water partition coefficient (Wildman–Crippen LogP) is 14.9. The Morgan fingerprint density at radius 2 is 1.08 bits per heavy atom. The third-order valence-corrected chi connectivity index (χ3v) is 16.1. The lowest BCUT2D eigenvalue weighted by molar-refractivity contribution is 0.282. The van der Waals surface area contributed by atoms with Crippen LogP contribution in [0.15, 0.2) is 95.4 Å². The standard InChI is InChI=1S/C60H71BN2O/c1-36-32-46-50-47(33-36)63(45-27-23-40(56(6,7)8)35-41(45)38-20-18-17-19-21-38)52-49-53(60(15,16)31-30-59(49,13)14)64-54(52)61(50)43-25-24-42-48(58(11,12)29-28-57(42,9)10)51(43)62(46)44-26-22-39(34-37(44)2)55(3,4)5/h17-27,32-35H,28-31H2,1-16H3. The Kier molecular flexibility index (Phi) is 9.26. The topological polar surface area (TPSA) is 19.6 Å². The third-order valence-electron chi connectivity index (χ3n) is 16.1. The molecule has 0 amide bonds. The van der Waals surface area contributed by atoms with E-state index >= 15 is 0 Å². The summed E-state index contributed by atoms with van der Waals surface area (Å²) in [6.45, 7) is 38.2. The fourth-order valence-corrected chi connectivity index (χ4v) is 12.1. The van der Waals surface area contributed by atoms with Crippen molar-refractivity contribution in [1.29, 1.82) is 0 Å². The molecule has 64 heavy (non-hydrogen) atoms. The van der Waals surface area contributed by atoms with E-state index in [1.165, 1.54) is 102 Å². The molecule has 5 aromatic carbocycles. The second-order valence-corrected chi connectivity index (χ2v) is 24.9. The van der Waals surface area contributed by atoms with E-state index in [1.807, 2.05) is 0 Å². The summed E-state index contributed by atoms with van der Waals surface area (Å²) in [5.41, 5.74) is 23.3. The van der Waals surface area contributed by atoms with Gasteiger partial charge in [0.1, 0.15) is 5.76 Å². The van der Waals surface area contributed by atoms with Crippen molar-refractivity contribution >= 4 is 57.4 Å². The number of anilines is 6. The number of fused-ring (bicyclic) bond motifs is 8. The molecule has 0 fully saturated rings. The highest BCUT2D eigenvalue weighted by Crippen LogP contribution is 2.58. The number of rotatable bonds is 3. The molecule has 3 heterocycles. The molecule has 10 rings (SSSR count). The van der Waals surface area contributed by atoms with Gasteiger partial charge in [-0.2, -0.15) is 0 Å². The highest BCUT2D eigenvalue weighted by atomic mass is 16.3. The van der Waals surface area contributed by atoms with Crippen molar-refractivity contribution in [3.05, 3.63) is 136 Å². The van der Waals surface area contributed by atoms with Gasteiger partial charge in [-0.3, -0.25) is 0 Å². The minimum absolute atomic E-state index is 0.0182. The molecule has 0 atom stereocenters. The summed E-state index contributed by atoms with van der Waals surface area (Å²) in [7, 11) is 0. The second-order valence-electron chi connectivity index (χ2n) is 24.9. The molecule has 0 saturated heterocycles. The minimum atomic E-state index is -0.117. The second kappa shape index (κ2) is 13.8. The van der Waals surface area contributed by atoms with E-state index in [1.54, 1.807) is 0 Å². The Balaban J connectivity index is 1.38. The van der Waals surface area contributed by atoms with E-state index in [4.69, 9.17) is 4.42 Å². The van der Waals surface area contributed by atoms with Crippen LogP contribution < -0.4 is 26.4 Å². The van der Waals surface area contributed by atoms with E-state index in [2.05, 4.69) is 212 Å². The molecular weight excluding hydrogens is 775 g/mol. The van der Waals surface area contributed by atoms with Gasteiger partial charge >= 0.3 is 0 Å². The van der Waals surface area contributed by atoms with Crippen LogP contribution in [-0.2, 0) is 32.5 Å². The zero-order valence-electron chi connectivity index (χ0n) is 41.9. The first-order valence-electron chi connectivity index (χ1n) is 24.2. The molecule has 0 saturated carbocycles. The Bertz CT molecular complexity index is 2890. The summed E-state index contributed by atoms with van der Waals surface area (Å²) in [5, 5.41) is 0. The van der Waals surface area contributed by atoms with Crippen molar-refractivity contribution < 1.29 is 4.42 Å². The van der Waals surface area contributed by atoms with Crippen LogP contribution in [0.4, 0.5) is 34.1 Å². The maximum Gasteiger partial charge on any atom is 0.297 e. The Morgan fingerprint density at radius 3 is 1.69 bits per heavy atom. The summed E-state index contributed by atoms with van der Waals surface area (Å²) in [6.07, 6.45) is 4.49. The average molecular weight is 847 g/mol. The SMILES string of the molecule is Cc1cc2c3c(c1)N(c1ccc(C(C)(C)C)cc1-c1ccccc1)c1c(oc4c1C(C)(C)CCC4(C)C)B3c1ccc3c(c1N2c1ccc(C(C)(C)C)cc1C)C(C)(C)CCC3(C)C. The van der Waals surface area contributed by atoms with E-state index in [9.17, 15) is 0 Å². The van der Waals surface area contributed by atoms with E-state index in [-0.39, 0.29) is 39.2 Å². The van der Waals surface area contributed by atoms with Gasteiger partial charge in [0.2, 0.25) is 0 Å². The Morgan fingerprint density at radius 1 is 0.531 bits per heavy atom. The van der Waals surface area contributed by atoms with Gasteiger partial charge in [0.05, 0.1) is 17.0 Å². The van der Waals surface area contributed by atoms with Crippen molar-refractivity contribution in [3.8, 4) is 11.1 Å². The minimum Gasteiger partial charge on any atom is -0.472 e. The lowest BCUT2D eigenvalue weighted by Gasteiger charge is -2.49. The number of aryl methyl sites for hydroxylation is 2. The Labute approximate surface area is 385 Å². The predicted molar refractivity (Wildman–Crippen MR) is 276 cm³/mol. The molecule has 0 unspecified atom stereocenters. The first-order valence-corrected chi connectivity index (χ1v) is 24.2. The zero-order chi connectivity index (χ0) is 45.8. The fraction of sp³-hybridized carbons (Fsp3) is 0.433. The molecule has 0 radical (unpaired) electrons. The summed E-state index contributed by atoms with van der Waals surface area (Å²) in [4.78, 5) is 5.38. The van der Waals surface area contributed by atoms with Crippen molar-refractivity contribution in [2.24, 2.45) is 0 Å². The maximum atomic E-state index is 7.79. The number of benzene rings is 5. The van der Waals surface area contributed by atoms with Crippen molar-refractivity contribution in [3.63, 3.8) is 0 Å². The summed E-state index contributed by atoms with van der Waals surface area (Å²) in [5.74, 6) is 1.16. The van der Waals surface area contributed by atoms with Gasteiger partial charge < -0.3 is 14.2 Å². The normalized spacial score (nSPS) is 18.8. The number of hydrogen-bond donors (Lipinski definition) is 0. The van der Waals surface area contributed by atoms with Gasteiger partial charge in [0.25, 0.3) is 6.71 Å². The molecule has 6 aromatic rings. The fourth-order valence-electron chi connectivity index (χ4n) is 12.1. The van der Waals surface area contributed by atoms with Crippen molar-refractivity contribution in [2.45, 2.75) is 169 Å². The average Bonchev–Trinajstić information content (AvgIpc) is 3.64. The summed E-state index contributed by atoms with van der Waals surface area (Å²) in [6, 6.07) is 35.7. The molecule has 1 aromatic heterocycles. The Hall–Kier alpha value is -4.96. The lowest BCUT2D eigenvalue weighted by atomic mass is 9.34. The lowest BCUT2D eigenvalue weighted by Crippen LogP contribution is -2.62. The van der Waals surface area contributed by atoms with Crippen LogP contribution in [0.3, 0.4) is 0 Å². The molecular formula is C60H71BN2O. The molecule has 2 aliphatic heterocycles. The zero-order valence-corrected chi connectivity index (χ0v) is 41.9. The molecule has 0 N–H and O–H groups in total. The number of nitrogens with zero attached hydrogens (tertiary/aromatic N) is 2. The van der Waals surface area contributed by atoms with Crippen LogP contribution in [0, 0.1) is 13.8 Å². The highest BCUT2D eigenvalue weighted by Gasteiger charge is 2.54. The van der Waals surface area contributed by atoms with Gasteiger partial charge in [-0.15, -0.1) is 0 Å². The number of hydrogen-bond acceptors (Lipinski definition) is 3.